The summed E-state index contributed by atoms with van der Waals surface area (Å²) in [7, 11) is 0. The van der Waals surface area contributed by atoms with E-state index >= 15 is 0 Å². The highest BCUT2D eigenvalue weighted by Gasteiger charge is 2.50. The lowest BCUT2D eigenvalue weighted by atomic mass is 9.65. The molecule has 1 fully saturated rings. The van der Waals surface area contributed by atoms with Gasteiger partial charge in [0.2, 0.25) is 0 Å². The van der Waals surface area contributed by atoms with Crippen LogP contribution in [0.2, 0.25) is 0 Å². The van der Waals surface area contributed by atoms with Crippen molar-refractivity contribution in [2.45, 2.75) is 72.2 Å². The summed E-state index contributed by atoms with van der Waals surface area (Å²) in [6, 6.07) is 0. The lowest BCUT2D eigenvalue weighted by molar-refractivity contribution is -0.0683. The van der Waals surface area contributed by atoms with E-state index in [1.807, 2.05) is 31.2 Å². The zero-order valence-corrected chi connectivity index (χ0v) is 18.2. The molecule has 0 bridgehead atoms. The second-order valence-electron chi connectivity index (χ2n) is 9.03. The van der Waals surface area contributed by atoms with Gasteiger partial charge in [-0.1, -0.05) is 62.0 Å². The van der Waals surface area contributed by atoms with Gasteiger partial charge in [-0.25, -0.2) is 0 Å². The highest BCUT2D eigenvalue weighted by atomic mass is 16.5. The summed E-state index contributed by atoms with van der Waals surface area (Å²) in [6.45, 7) is 12.6. The predicted octanol–water partition coefficient (Wildman–Crippen LogP) is 5.19. The van der Waals surface area contributed by atoms with Crippen LogP contribution in [0.3, 0.4) is 0 Å². The Morgan fingerprint density at radius 1 is 1.07 bits per heavy atom. The molecule has 3 atom stereocenters. The second kappa shape index (κ2) is 9.21. The average Bonchev–Trinajstić information content (AvgIpc) is 2.96. The molecule has 0 saturated heterocycles. The lowest BCUT2D eigenvalue weighted by Gasteiger charge is -2.44. The third kappa shape index (κ3) is 5.66. The summed E-state index contributed by atoms with van der Waals surface area (Å²) in [5, 5.41) is 19.2. The molecular weight excluding hydrogens is 348 g/mol. The van der Waals surface area contributed by atoms with Crippen LogP contribution in [0.25, 0.3) is 0 Å². The van der Waals surface area contributed by atoms with Crippen molar-refractivity contribution in [2.75, 3.05) is 6.61 Å². The van der Waals surface area contributed by atoms with Crippen molar-refractivity contribution in [3.8, 4) is 0 Å². The first-order valence-electron chi connectivity index (χ1n) is 10.1. The molecule has 0 radical (unpaired) electrons. The van der Waals surface area contributed by atoms with Crippen LogP contribution in [0.15, 0.2) is 70.9 Å². The van der Waals surface area contributed by atoms with Crippen LogP contribution in [0.5, 0.6) is 0 Å². The maximum absolute atomic E-state index is 10.3. The van der Waals surface area contributed by atoms with Gasteiger partial charge >= 0.3 is 0 Å². The summed E-state index contributed by atoms with van der Waals surface area (Å²) in [4.78, 5) is 0. The van der Waals surface area contributed by atoms with Crippen LogP contribution < -0.4 is 0 Å². The van der Waals surface area contributed by atoms with Gasteiger partial charge in [0.05, 0.1) is 24.4 Å². The van der Waals surface area contributed by atoms with E-state index < -0.39 is 0 Å². The largest absolute Gasteiger partial charge is 0.393 e. The maximum Gasteiger partial charge on any atom is 0.0982 e. The van der Waals surface area contributed by atoms with E-state index in [-0.39, 0.29) is 29.8 Å². The number of aliphatic hydroxyl groups excluding tert-OH is 2. The first-order chi connectivity index (χ1) is 13.1. The minimum atomic E-state index is -0.370. The van der Waals surface area contributed by atoms with Crippen molar-refractivity contribution in [2.24, 2.45) is 5.41 Å². The first-order valence-corrected chi connectivity index (χ1v) is 10.1. The summed E-state index contributed by atoms with van der Waals surface area (Å²) >= 11 is 0. The van der Waals surface area contributed by atoms with E-state index in [4.69, 9.17) is 9.84 Å². The number of aliphatic hydroxyl groups is 2. The van der Waals surface area contributed by atoms with Crippen LogP contribution in [0, 0.1) is 5.41 Å². The third-order valence-electron chi connectivity index (χ3n) is 5.64. The van der Waals surface area contributed by atoms with Crippen LogP contribution in [0.4, 0.5) is 0 Å². The molecule has 0 amide bonds. The quantitative estimate of drug-likeness (QED) is 0.489. The Labute approximate surface area is 170 Å². The third-order valence-corrected chi connectivity index (χ3v) is 5.64. The van der Waals surface area contributed by atoms with E-state index in [2.05, 4.69) is 58.9 Å². The molecule has 2 N–H and O–H groups in total. The molecule has 1 heterocycles. The van der Waals surface area contributed by atoms with Gasteiger partial charge in [-0.15, -0.1) is 0 Å². The number of ether oxygens (including phenoxy) is 1. The maximum atomic E-state index is 10.3. The molecule has 3 unspecified atom stereocenters. The topological polar surface area (TPSA) is 49.7 Å². The highest BCUT2D eigenvalue weighted by Crippen LogP contribution is 2.51. The van der Waals surface area contributed by atoms with Crippen molar-refractivity contribution >= 4 is 0 Å². The molecule has 3 nitrogen and oxygen atoms in total. The standard InChI is InChI=1S/C25H36O3/c1-18(10-7-8-11-19(2)17-26)12-9-13-20(3)22-14-23-24(4,5)15-21(27)16-25(23,6)28-22/h7-14,21-22,26-27H,15-17H2,1-6H3/b8-7+,12-9+,18-10+,19-11+,20-13+. The molecule has 28 heavy (non-hydrogen) atoms. The van der Waals surface area contributed by atoms with Crippen LogP contribution in [-0.4, -0.2) is 34.6 Å². The fraction of sp³-hybridized carbons (Fsp3) is 0.520. The summed E-state index contributed by atoms with van der Waals surface area (Å²) in [6.07, 6.45) is 17.4. The average molecular weight is 385 g/mol. The lowest BCUT2D eigenvalue weighted by Crippen LogP contribution is -2.45. The number of allylic oxidation sites excluding steroid dienone is 8. The zero-order valence-electron chi connectivity index (χ0n) is 18.2. The molecule has 1 saturated carbocycles. The minimum Gasteiger partial charge on any atom is -0.393 e. The first kappa shape index (κ1) is 22.6. The Hall–Kier alpha value is -1.68. The molecule has 3 heteroatoms. The molecule has 0 aromatic rings. The van der Waals surface area contributed by atoms with Gasteiger partial charge in [0.1, 0.15) is 0 Å². The molecule has 0 spiro atoms. The van der Waals surface area contributed by atoms with E-state index in [0.29, 0.717) is 6.42 Å². The van der Waals surface area contributed by atoms with E-state index in [0.717, 1.165) is 23.1 Å². The van der Waals surface area contributed by atoms with Crippen LogP contribution in [0.1, 0.15) is 54.4 Å². The van der Waals surface area contributed by atoms with Crippen LogP contribution in [-0.2, 0) is 4.74 Å². The molecule has 154 valence electrons. The minimum absolute atomic E-state index is 0.0359. The van der Waals surface area contributed by atoms with Gasteiger partial charge in [-0.2, -0.15) is 0 Å². The van der Waals surface area contributed by atoms with Crippen molar-refractivity contribution < 1.29 is 14.9 Å². The second-order valence-corrected chi connectivity index (χ2v) is 9.03. The van der Waals surface area contributed by atoms with Crippen molar-refractivity contribution in [3.63, 3.8) is 0 Å². The summed E-state index contributed by atoms with van der Waals surface area (Å²) in [5.74, 6) is 0. The summed E-state index contributed by atoms with van der Waals surface area (Å²) in [5.41, 5.74) is 4.16. The van der Waals surface area contributed by atoms with Crippen molar-refractivity contribution in [1.82, 2.24) is 0 Å². The van der Waals surface area contributed by atoms with E-state index in [1.165, 1.54) is 5.57 Å². The van der Waals surface area contributed by atoms with E-state index in [9.17, 15) is 5.11 Å². The van der Waals surface area contributed by atoms with E-state index in [1.54, 1.807) is 0 Å². The van der Waals surface area contributed by atoms with Gasteiger partial charge < -0.3 is 14.9 Å². The summed E-state index contributed by atoms with van der Waals surface area (Å²) < 4.78 is 6.38. The van der Waals surface area contributed by atoms with Crippen LogP contribution >= 0.6 is 0 Å². The molecular formula is C25H36O3. The SMILES string of the molecule is CC(/C=C/C=C(\C)C1C=C2C(C)(C)CC(O)CC2(C)O1)=C\C=C\C=C(/C)CO. The molecule has 0 aromatic heterocycles. The van der Waals surface area contributed by atoms with Gasteiger partial charge in [0.25, 0.3) is 0 Å². The number of rotatable bonds is 6. The molecule has 2 rings (SSSR count). The molecule has 1 aliphatic carbocycles. The number of hydrogen-bond acceptors (Lipinski definition) is 3. The Balaban J connectivity index is 2.04. The Bertz CT molecular complexity index is 746. The van der Waals surface area contributed by atoms with Crippen molar-refractivity contribution in [1.29, 1.82) is 0 Å². The van der Waals surface area contributed by atoms with Gasteiger partial charge in [0, 0.05) is 6.42 Å². The molecule has 2 aliphatic rings. The number of fused-ring (bicyclic) bond motifs is 1. The molecule has 0 aromatic carbocycles. The Morgan fingerprint density at radius 2 is 1.75 bits per heavy atom. The fourth-order valence-corrected chi connectivity index (χ4v) is 4.23. The van der Waals surface area contributed by atoms with Crippen molar-refractivity contribution in [3.05, 3.63) is 70.9 Å². The highest BCUT2D eigenvalue weighted by molar-refractivity contribution is 5.37. The van der Waals surface area contributed by atoms with Gasteiger partial charge in [0.15, 0.2) is 0 Å². The normalized spacial score (nSPS) is 31.6. The smallest absolute Gasteiger partial charge is 0.0982 e. The monoisotopic (exact) mass is 384 g/mol. The fourth-order valence-electron chi connectivity index (χ4n) is 4.23. The Morgan fingerprint density at radius 3 is 2.43 bits per heavy atom. The predicted molar refractivity (Wildman–Crippen MR) is 117 cm³/mol. The molecule has 1 aliphatic heterocycles. The number of hydrogen-bond donors (Lipinski definition) is 2. The zero-order chi connectivity index (χ0) is 20.9. The van der Waals surface area contributed by atoms with Gasteiger partial charge in [-0.3, -0.25) is 0 Å². The Kier molecular flexibility index (Phi) is 7.44. The van der Waals surface area contributed by atoms with Gasteiger partial charge in [-0.05, 0) is 62.3 Å².